The second kappa shape index (κ2) is 8.68. The quantitative estimate of drug-likeness (QED) is 0.768. The van der Waals surface area contributed by atoms with Crippen molar-refractivity contribution in [1.82, 2.24) is 19.6 Å². The van der Waals surface area contributed by atoms with E-state index in [0.29, 0.717) is 31.6 Å². The highest BCUT2D eigenvalue weighted by atomic mass is 32.2. The Balaban J connectivity index is 1.98. The third-order valence-electron chi connectivity index (χ3n) is 3.77. The van der Waals surface area contributed by atoms with E-state index in [1.54, 1.807) is 26.2 Å². The Hall–Kier alpha value is -2.32. The molecule has 0 aliphatic carbocycles. The van der Waals surface area contributed by atoms with Gasteiger partial charge in [-0.2, -0.15) is 4.31 Å². The molecule has 1 aromatic carbocycles. The minimum Gasteiger partial charge on any atom is -0.352 e. The number of nitrogens with zero attached hydrogens (tertiary/aromatic N) is 3. The predicted molar refractivity (Wildman–Crippen MR) is 94.6 cm³/mol. The largest absolute Gasteiger partial charge is 0.352 e. The molecular formula is C17H22N4O3S. The highest BCUT2D eigenvalue weighted by Gasteiger charge is 2.21. The molecule has 0 saturated carbocycles. The molecule has 7 nitrogen and oxygen atoms in total. The zero-order chi connectivity index (χ0) is 18.3. The molecule has 1 aromatic heterocycles. The molecule has 0 aliphatic rings. The average Bonchev–Trinajstić information content (AvgIpc) is 2.63. The van der Waals surface area contributed by atoms with E-state index >= 15 is 0 Å². The molecule has 0 spiro atoms. The summed E-state index contributed by atoms with van der Waals surface area (Å²) in [4.78, 5) is 20.2. The van der Waals surface area contributed by atoms with Gasteiger partial charge >= 0.3 is 0 Å². The molecule has 134 valence electrons. The van der Waals surface area contributed by atoms with E-state index < -0.39 is 10.0 Å². The summed E-state index contributed by atoms with van der Waals surface area (Å²) < 4.78 is 26.2. The standard InChI is InChI=1S/C17H22N4O3S/c1-3-21(4-2)25(23,24)16-7-5-15(6-8-16)17(22)20-10-9-14-11-18-13-19-12-14/h5-8,11-13H,3-4,9-10H2,1-2H3,(H,20,22). The highest BCUT2D eigenvalue weighted by Crippen LogP contribution is 2.16. The number of aromatic nitrogens is 2. The van der Waals surface area contributed by atoms with Crippen LogP contribution in [0.4, 0.5) is 0 Å². The molecule has 0 radical (unpaired) electrons. The molecule has 0 bridgehead atoms. The average molecular weight is 362 g/mol. The van der Waals surface area contributed by atoms with Crippen LogP contribution in [0.15, 0.2) is 47.9 Å². The Morgan fingerprint density at radius 3 is 2.24 bits per heavy atom. The molecule has 1 N–H and O–H groups in total. The van der Waals surface area contributed by atoms with E-state index in [1.165, 1.54) is 34.9 Å². The van der Waals surface area contributed by atoms with Crippen molar-refractivity contribution >= 4 is 15.9 Å². The minimum absolute atomic E-state index is 0.189. The minimum atomic E-state index is -3.51. The SMILES string of the molecule is CCN(CC)S(=O)(=O)c1ccc(C(=O)NCCc2cncnc2)cc1. The molecule has 1 heterocycles. The summed E-state index contributed by atoms with van der Waals surface area (Å²) in [5, 5.41) is 2.80. The maximum atomic E-state index is 12.4. The van der Waals surface area contributed by atoms with Crippen LogP contribution >= 0.6 is 0 Å². The Bertz CT molecular complexity index is 788. The van der Waals surface area contributed by atoms with Gasteiger partial charge in [-0.05, 0) is 36.2 Å². The zero-order valence-electron chi connectivity index (χ0n) is 14.3. The van der Waals surface area contributed by atoms with Crippen molar-refractivity contribution in [2.24, 2.45) is 0 Å². The highest BCUT2D eigenvalue weighted by molar-refractivity contribution is 7.89. The first-order valence-corrected chi connectivity index (χ1v) is 9.55. The smallest absolute Gasteiger partial charge is 0.251 e. The van der Waals surface area contributed by atoms with Crippen LogP contribution in [0.2, 0.25) is 0 Å². The van der Waals surface area contributed by atoms with Crippen LogP contribution in [-0.4, -0.2) is 48.2 Å². The molecule has 1 amide bonds. The Morgan fingerprint density at radius 2 is 1.68 bits per heavy atom. The third-order valence-corrected chi connectivity index (χ3v) is 5.84. The van der Waals surface area contributed by atoms with Crippen LogP contribution in [-0.2, 0) is 16.4 Å². The number of hydrogen-bond acceptors (Lipinski definition) is 5. The number of rotatable bonds is 8. The van der Waals surface area contributed by atoms with Crippen molar-refractivity contribution in [3.05, 3.63) is 54.1 Å². The summed E-state index contributed by atoms with van der Waals surface area (Å²) in [5.74, 6) is -0.247. The molecule has 0 aliphatic heterocycles. The van der Waals surface area contributed by atoms with Gasteiger partial charge in [-0.3, -0.25) is 4.79 Å². The van der Waals surface area contributed by atoms with Crippen molar-refractivity contribution in [2.75, 3.05) is 19.6 Å². The van der Waals surface area contributed by atoms with Gasteiger partial charge in [0.25, 0.3) is 5.91 Å². The number of carbonyl (C=O) groups excluding carboxylic acids is 1. The van der Waals surface area contributed by atoms with Crippen LogP contribution in [0.25, 0.3) is 0 Å². The lowest BCUT2D eigenvalue weighted by Crippen LogP contribution is -2.30. The van der Waals surface area contributed by atoms with Gasteiger partial charge in [-0.25, -0.2) is 18.4 Å². The Morgan fingerprint density at radius 1 is 1.08 bits per heavy atom. The van der Waals surface area contributed by atoms with Crippen LogP contribution in [0.1, 0.15) is 29.8 Å². The molecule has 25 heavy (non-hydrogen) atoms. The lowest BCUT2D eigenvalue weighted by molar-refractivity contribution is 0.0954. The number of carbonyl (C=O) groups is 1. The molecule has 0 saturated heterocycles. The molecule has 0 atom stereocenters. The number of sulfonamides is 1. The van der Waals surface area contributed by atoms with E-state index in [4.69, 9.17) is 0 Å². The maximum Gasteiger partial charge on any atom is 0.251 e. The van der Waals surface area contributed by atoms with E-state index in [0.717, 1.165) is 5.56 Å². The fraction of sp³-hybridized carbons (Fsp3) is 0.353. The molecule has 0 unspecified atom stereocenters. The summed E-state index contributed by atoms with van der Waals surface area (Å²) in [5.41, 5.74) is 1.35. The fourth-order valence-corrected chi connectivity index (χ4v) is 3.83. The van der Waals surface area contributed by atoms with Gasteiger partial charge in [0.1, 0.15) is 6.33 Å². The summed E-state index contributed by atoms with van der Waals surface area (Å²) >= 11 is 0. The first-order valence-electron chi connectivity index (χ1n) is 8.11. The fourth-order valence-electron chi connectivity index (χ4n) is 2.37. The zero-order valence-corrected chi connectivity index (χ0v) is 15.2. The molecule has 2 rings (SSSR count). The summed E-state index contributed by atoms with van der Waals surface area (Å²) in [6, 6.07) is 5.98. The molecule has 8 heteroatoms. The maximum absolute atomic E-state index is 12.4. The lowest BCUT2D eigenvalue weighted by atomic mass is 10.2. The number of amides is 1. The van der Waals surface area contributed by atoms with Crippen molar-refractivity contribution in [1.29, 1.82) is 0 Å². The van der Waals surface area contributed by atoms with Crippen LogP contribution in [0.5, 0.6) is 0 Å². The third kappa shape index (κ3) is 4.83. The van der Waals surface area contributed by atoms with Crippen LogP contribution in [0, 0.1) is 0 Å². The van der Waals surface area contributed by atoms with E-state index in [2.05, 4.69) is 15.3 Å². The van der Waals surface area contributed by atoms with Gasteiger partial charge in [0, 0.05) is 37.6 Å². The molecule has 0 fully saturated rings. The van der Waals surface area contributed by atoms with Crippen molar-refractivity contribution in [2.45, 2.75) is 25.2 Å². The van der Waals surface area contributed by atoms with Crippen LogP contribution in [0.3, 0.4) is 0 Å². The van der Waals surface area contributed by atoms with Gasteiger partial charge < -0.3 is 5.32 Å². The molecule has 2 aromatic rings. The van der Waals surface area contributed by atoms with Gasteiger partial charge in [0.2, 0.25) is 10.0 Å². The summed E-state index contributed by atoms with van der Waals surface area (Å²) in [6.45, 7) is 4.85. The Labute approximate surface area is 148 Å². The Kier molecular flexibility index (Phi) is 6.60. The predicted octanol–water partition coefficient (Wildman–Crippen LogP) is 1.48. The number of nitrogens with one attached hydrogen (secondary N) is 1. The topological polar surface area (TPSA) is 92.3 Å². The molecular weight excluding hydrogens is 340 g/mol. The van der Waals surface area contributed by atoms with Crippen LogP contribution < -0.4 is 5.32 Å². The first-order chi connectivity index (χ1) is 12.0. The van der Waals surface area contributed by atoms with Gasteiger partial charge in [-0.1, -0.05) is 13.8 Å². The lowest BCUT2D eigenvalue weighted by Gasteiger charge is -2.18. The van der Waals surface area contributed by atoms with Crippen molar-refractivity contribution in [3.63, 3.8) is 0 Å². The number of hydrogen-bond donors (Lipinski definition) is 1. The summed E-state index contributed by atoms with van der Waals surface area (Å²) in [6.07, 6.45) is 5.48. The summed E-state index contributed by atoms with van der Waals surface area (Å²) in [7, 11) is -3.51. The number of benzene rings is 1. The second-order valence-electron chi connectivity index (χ2n) is 5.37. The van der Waals surface area contributed by atoms with Crippen molar-refractivity contribution in [3.8, 4) is 0 Å². The van der Waals surface area contributed by atoms with E-state index in [-0.39, 0.29) is 10.8 Å². The van der Waals surface area contributed by atoms with Gasteiger partial charge in [0.15, 0.2) is 0 Å². The second-order valence-corrected chi connectivity index (χ2v) is 7.30. The van der Waals surface area contributed by atoms with Gasteiger partial charge in [-0.15, -0.1) is 0 Å². The first kappa shape index (κ1) is 19.0. The normalized spacial score (nSPS) is 11.5. The van der Waals surface area contributed by atoms with E-state index in [1.807, 2.05) is 0 Å². The van der Waals surface area contributed by atoms with E-state index in [9.17, 15) is 13.2 Å². The monoisotopic (exact) mass is 362 g/mol. The van der Waals surface area contributed by atoms with Gasteiger partial charge in [0.05, 0.1) is 4.90 Å². The van der Waals surface area contributed by atoms with Crippen molar-refractivity contribution < 1.29 is 13.2 Å².